The largest absolute Gasteiger partial charge is 0.496 e. The van der Waals surface area contributed by atoms with Crippen molar-refractivity contribution in [3.63, 3.8) is 0 Å². The Morgan fingerprint density at radius 2 is 2.22 bits per heavy atom. The quantitative estimate of drug-likeness (QED) is 0.816. The maximum atomic E-state index is 12.3. The monoisotopic (exact) mass is 375 g/mol. The molecule has 0 radical (unpaired) electrons. The summed E-state index contributed by atoms with van der Waals surface area (Å²) in [4.78, 5) is 12.3. The van der Waals surface area contributed by atoms with Crippen molar-refractivity contribution in [2.45, 2.75) is 24.8 Å². The molecule has 3 nitrogen and oxygen atoms in total. The minimum absolute atomic E-state index is 0.0708. The van der Waals surface area contributed by atoms with Crippen LogP contribution < -0.4 is 10.1 Å². The number of hydrogen-bond acceptors (Lipinski definition) is 2. The van der Waals surface area contributed by atoms with E-state index >= 15 is 0 Å². The predicted octanol–water partition coefficient (Wildman–Crippen LogP) is 3.51. The van der Waals surface area contributed by atoms with Crippen molar-refractivity contribution in [1.29, 1.82) is 0 Å². The molecule has 2 rings (SSSR count). The number of benzene rings is 1. The van der Waals surface area contributed by atoms with Gasteiger partial charge in [0.25, 0.3) is 5.91 Å². The Morgan fingerprint density at radius 1 is 1.50 bits per heavy atom. The third kappa shape index (κ3) is 2.72. The Kier molecular flexibility index (Phi) is 4.33. The van der Waals surface area contributed by atoms with Gasteiger partial charge in [-0.25, -0.2) is 0 Å². The average Bonchev–Trinajstić information content (AvgIpc) is 2.33. The van der Waals surface area contributed by atoms with Crippen molar-refractivity contribution in [3.8, 4) is 5.75 Å². The van der Waals surface area contributed by atoms with Gasteiger partial charge in [-0.15, -0.1) is 0 Å². The first-order chi connectivity index (χ1) is 8.60. The second-order valence-electron chi connectivity index (χ2n) is 4.57. The molecule has 18 heavy (non-hydrogen) atoms. The van der Waals surface area contributed by atoms with E-state index in [9.17, 15) is 4.79 Å². The van der Waals surface area contributed by atoms with E-state index in [4.69, 9.17) is 4.74 Å². The molecule has 0 bridgehead atoms. The van der Waals surface area contributed by atoms with Gasteiger partial charge in [-0.1, -0.05) is 31.9 Å². The molecule has 0 heterocycles. The van der Waals surface area contributed by atoms with Gasteiger partial charge in [0.1, 0.15) is 5.75 Å². The fraction of sp³-hybridized carbons (Fsp3) is 0.462. The number of alkyl halides is 1. The lowest BCUT2D eigenvalue weighted by molar-refractivity contribution is 0.0853. The lowest BCUT2D eigenvalue weighted by atomic mass is 9.78. The van der Waals surface area contributed by atoms with E-state index in [0.717, 1.165) is 22.6 Å². The summed E-state index contributed by atoms with van der Waals surface area (Å²) in [6, 6.07) is 5.42. The minimum atomic E-state index is -0.0742. The molecule has 1 aromatic rings. The van der Waals surface area contributed by atoms with Crippen LogP contribution in [0.2, 0.25) is 0 Å². The summed E-state index contributed by atoms with van der Waals surface area (Å²) < 4.78 is 6.14. The second-order valence-corrected chi connectivity index (χ2v) is 6.04. The minimum Gasteiger partial charge on any atom is -0.496 e. The van der Waals surface area contributed by atoms with Crippen LogP contribution in [-0.4, -0.2) is 23.9 Å². The molecule has 1 aliphatic carbocycles. The fourth-order valence-corrected chi connectivity index (χ4v) is 3.10. The average molecular weight is 377 g/mol. The van der Waals surface area contributed by atoms with Crippen LogP contribution in [0.15, 0.2) is 22.7 Å². The number of carbonyl (C=O) groups excluding carboxylic acids is 1. The first-order valence-corrected chi connectivity index (χ1v) is 7.74. The van der Waals surface area contributed by atoms with Gasteiger partial charge in [-0.3, -0.25) is 4.79 Å². The van der Waals surface area contributed by atoms with Gasteiger partial charge in [-0.2, -0.15) is 0 Å². The van der Waals surface area contributed by atoms with Crippen molar-refractivity contribution in [1.82, 2.24) is 5.32 Å². The third-order valence-corrected chi connectivity index (χ3v) is 4.92. The Morgan fingerprint density at radius 3 is 2.72 bits per heavy atom. The Balaban J connectivity index is 2.18. The Bertz CT molecular complexity index is 453. The number of nitrogens with one attached hydrogen (secondary N) is 1. The topological polar surface area (TPSA) is 38.3 Å². The van der Waals surface area contributed by atoms with E-state index in [1.165, 1.54) is 6.42 Å². The molecule has 1 aliphatic rings. The maximum absolute atomic E-state index is 12.3. The molecule has 98 valence electrons. The molecule has 0 saturated heterocycles. The highest BCUT2D eigenvalue weighted by Gasteiger charge is 2.37. The molecule has 1 saturated carbocycles. The van der Waals surface area contributed by atoms with Gasteiger partial charge >= 0.3 is 0 Å². The van der Waals surface area contributed by atoms with E-state index in [1.807, 2.05) is 6.07 Å². The molecule has 0 spiro atoms. The van der Waals surface area contributed by atoms with E-state index < -0.39 is 0 Å². The van der Waals surface area contributed by atoms with Crippen LogP contribution in [0.1, 0.15) is 29.6 Å². The SMILES string of the molecule is COc1cc(Br)ccc1C(=O)NC1(CBr)CCC1. The number of methoxy groups -OCH3 is 1. The summed E-state index contributed by atoms with van der Waals surface area (Å²) in [5, 5.41) is 3.91. The van der Waals surface area contributed by atoms with Gasteiger partial charge in [0.05, 0.1) is 18.2 Å². The fourth-order valence-electron chi connectivity index (χ4n) is 2.06. The molecule has 1 fully saturated rings. The molecule has 0 aliphatic heterocycles. The van der Waals surface area contributed by atoms with Gasteiger partial charge in [0.2, 0.25) is 0 Å². The molecule has 0 unspecified atom stereocenters. The summed E-state index contributed by atoms with van der Waals surface area (Å²) in [7, 11) is 1.57. The summed E-state index contributed by atoms with van der Waals surface area (Å²) in [5.41, 5.74) is 0.503. The van der Waals surface area contributed by atoms with Crippen molar-refractivity contribution < 1.29 is 9.53 Å². The maximum Gasteiger partial charge on any atom is 0.255 e. The summed E-state index contributed by atoms with van der Waals surface area (Å²) in [5.74, 6) is 0.518. The lowest BCUT2D eigenvalue weighted by Crippen LogP contribution is -2.54. The molecular formula is C13H15Br2NO2. The van der Waals surface area contributed by atoms with Crippen LogP contribution in [0.5, 0.6) is 5.75 Å². The smallest absolute Gasteiger partial charge is 0.255 e. The van der Waals surface area contributed by atoms with Gasteiger partial charge in [0.15, 0.2) is 0 Å². The van der Waals surface area contributed by atoms with Crippen molar-refractivity contribution >= 4 is 37.8 Å². The zero-order chi connectivity index (χ0) is 13.2. The van der Waals surface area contributed by atoms with Crippen LogP contribution in [0.25, 0.3) is 0 Å². The van der Waals surface area contributed by atoms with Crippen molar-refractivity contribution in [2.24, 2.45) is 0 Å². The zero-order valence-electron chi connectivity index (χ0n) is 10.1. The molecule has 0 atom stereocenters. The molecule has 5 heteroatoms. The predicted molar refractivity (Wildman–Crippen MR) is 78.5 cm³/mol. The number of amides is 1. The van der Waals surface area contributed by atoms with E-state index in [-0.39, 0.29) is 11.4 Å². The molecule has 1 aromatic carbocycles. The lowest BCUT2D eigenvalue weighted by Gasteiger charge is -2.41. The molecule has 1 N–H and O–H groups in total. The Labute approximate surface area is 124 Å². The summed E-state index contributed by atoms with van der Waals surface area (Å²) in [6.07, 6.45) is 3.23. The number of rotatable bonds is 4. The van der Waals surface area contributed by atoms with Crippen LogP contribution in [-0.2, 0) is 0 Å². The van der Waals surface area contributed by atoms with Crippen LogP contribution in [0, 0.1) is 0 Å². The highest BCUT2D eigenvalue weighted by atomic mass is 79.9. The molecular weight excluding hydrogens is 362 g/mol. The van der Waals surface area contributed by atoms with Crippen LogP contribution in [0.4, 0.5) is 0 Å². The van der Waals surface area contributed by atoms with Crippen LogP contribution >= 0.6 is 31.9 Å². The van der Waals surface area contributed by atoms with Crippen molar-refractivity contribution in [3.05, 3.63) is 28.2 Å². The second kappa shape index (κ2) is 5.61. The summed E-state index contributed by atoms with van der Waals surface area (Å²) in [6.45, 7) is 0. The molecule has 1 amide bonds. The molecule has 0 aromatic heterocycles. The van der Waals surface area contributed by atoms with Crippen LogP contribution in [0.3, 0.4) is 0 Å². The van der Waals surface area contributed by atoms with Gasteiger partial charge in [0, 0.05) is 9.80 Å². The first kappa shape index (κ1) is 13.9. The van der Waals surface area contributed by atoms with Gasteiger partial charge in [-0.05, 0) is 37.5 Å². The van der Waals surface area contributed by atoms with E-state index in [2.05, 4.69) is 37.2 Å². The number of ether oxygens (including phenoxy) is 1. The summed E-state index contributed by atoms with van der Waals surface area (Å²) >= 11 is 6.85. The van der Waals surface area contributed by atoms with Crippen molar-refractivity contribution in [2.75, 3.05) is 12.4 Å². The standard InChI is InChI=1S/C13H15Br2NO2/c1-18-11-7-9(15)3-4-10(11)12(17)16-13(8-14)5-2-6-13/h3-4,7H,2,5-6,8H2,1H3,(H,16,17). The highest BCUT2D eigenvalue weighted by molar-refractivity contribution is 9.10. The highest BCUT2D eigenvalue weighted by Crippen LogP contribution is 2.34. The van der Waals surface area contributed by atoms with Gasteiger partial charge < -0.3 is 10.1 Å². The normalized spacial score (nSPS) is 16.8. The number of carbonyl (C=O) groups is 1. The first-order valence-electron chi connectivity index (χ1n) is 5.82. The number of halogens is 2. The Hall–Kier alpha value is -0.550. The van der Waals surface area contributed by atoms with E-state index in [1.54, 1.807) is 19.2 Å². The third-order valence-electron chi connectivity index (χ3n) is 3.35. The zero-order valence-corrected chi connectivity index (χ0v) is 13.3. The number of hydrogen-bond donors (Lipinski definition) is 1. The van der Waals surface area contributed by atoms with E-state index in [0.29, 0.717) is 11.3 Å².